The van der Waals surface area contributed by atoms with E-state index in [-0.39, 0.29) is 43.0 Å². The van der Waals surface area contributed by atoms with Crippen LogP contribution in [0, 0.1) is 25.7 Å². The molecule has 0 bridgehead atoms. The lowest BCUT2D eigenvalue weighted by atomic mass is 9.80. The van der Waals surface area contributed by atoms with Gasteiger partial charge in [0.1, 0.15) is 18.3 Å². The molecule has 2 aliphatic rings. The molecule has 2 fully saturated rings. The number of aliphatic hydroxyl groups is 1. The highest BCUT2D eigenvalue weighted by molar-refractivity contribution is 5.83. The van der Waals surface area contributed by atoms with Crippen LogP contribution in [0.25, 0.3) is 0 Å². The Morgan fingerprint density at radius 2 is 1.15 bits per heavy atom. The topological polar surface area (TPSA) is 110 Å². The molecule has 2 aliphatic carbocycles. The van der Waals surface area contributed by atoms with Gasteiger partial charge in [0.2, 0.25) is 0 Å². The molecule has 0 saturated heterocycles. The summed E-state index contributed by atoms with van der Waals surface area (Å²) in [5, 5.41) is 10.8. The van der Waals surface area contributed by atoms with Crippen LogP contribution >= 0.6 is 0 Å². The summed E-state index contributed by atoms with van der Waals surface area (Å²) in [5.74, 6) is 1.81. The molecule has 294 valence electrons. The minimum absolute atomic E-state index is 0.0563. The van der Waals surface area contributed by atoms with Gasteiger partial charge in [-0.05, 0) is 153 Å². The van der Waals surface area contributed by atoms with Gasteiger partial charge in [-0.1, -0.05) is 35.4 Å². The normalized spacial score (nSPS) is 18.4. The van der Waals surface area contributed by atoms with Gasteiger partial charge in [0.15, 0.2) is 0 Å². The maximum absolute atomic E-state index is 11.7. The van der Waals surface area contributed by atoms with Crippen LogP contribution in [-0.4, -0.2) is 56.4 Å². The average Bonchev–Trinajstić information content (AvgIpc) is 3.11. The van der Waals surface area contributed by atoms with Gasteiger partial charge < -0.3 is 33.5 Å². The highest BCUT2D eigenvalue weighted by Gasteiger charge is 2.29. The lowest BCUT2D eigenvalue weighted by Gasteiger charge is -2.32. The third-order valence-electron chi connectivity index (χ3n) is 9.62. The third-order valence-corrected chi connectivity index (χ3v) is 9.62. The molecule has 1 N–H and O–H groups in total. The zero-order valence-corrected chi connectivity index (χ0v) is 33.6. The van der Waals surface area contributed by atoms with Crippen molar-refractivity contribution in [3.05, 3.63) is 82.0 Å². The van der Waals surface area contributed by atoms with Crippen LogP contribution in [0.3, 0.4) is 0 Å². The monoisotopic (exact) mass is 736 g/mol. The molecule has 0 heterocycles. The van der Waals surface area contributed by atoms with Crippen LogP contribution in [0.5, 0.6) is 11.5 Å². The quantitative estimate of drug-likeness (QED) is 0.109. The van der Waals surface area contributed by atoms with Crippen LogP contribution in [-0.2, 0) is 28.5 Å². The molecule has 9 nitrogen and oxygen atoms in total. The molecule has 2 aromatic carbocycles. The number of ether oxygens (including phenoxy) is 6. The zero-order valence-electron chi connectivity index (χ0n) is 33.6. The van der Waals surface area contributed by atoms with Crippen LogP contribution in [0.2, 0.25) is 0 Å². The summed E-state index contributed by atoms with van der Waals surface area (Å²) in [7, 11) is 1.64. The Labute approximate surface area is 318 Å². The number of allylic oxidation sites excluding steroid dienone is 2. The van der Waals surface area contributed by atoms with Gasteiger partial charge in [0.25, 0.3) is 0 Å². The summed E-state index contributed by atoms with van der Waals surface area (Å²) in [6.07, 6.45) is 10.1. The van der Waals surface area contributed by atoms with Crippen LogP contribution in [0.1, 0.15) is 127 Å². The number of hydrogen-bond acceptors (Lipinski definition) is 9. The van der Waals surface area contributed by atoms with Gasteiger partial charge >= 0.3 is 11.9 Å². The van der Waals surface area contributed by atoms with E-state index in [1.165, 1.54) is 0 Å². The van der Waals surface area contributed by atoms with E-state index >= 15 is 0 Å². The number of rotatable bonds is 15. The van der Waals surface area contributed by atoms with Crippen molar-refractivity contribution in [2.75, 3.05) is 27.1 Å². The summed E-state index contributed by atoms with van der Waals surface area (Å²) in [6, 6.07) is 12.3. The molecule has 53 heavy (non-hydrogen) atoms. The Hall–Kier alpha value is -3.66. The number of methoxy groups -OCH3 is 1. The smallest absolute Gasteiger partial charge is 0.330 e. The number of benzene rings is 2. The molecule has 2 saturated carbocycles. The van der Waals surface area contributed by atoms with Crippen LogP contribution in [0.4, 0.5) is 0 Å². The molecule has 9 heteroatoms. The molecule has 0 amide bonds. The molecular formula is C44H64O9. The highest BCUT2D eigenvalue weighted by atomic mass is 16.7. The number of carbonyl (C=O) groups excluding carboxylic acids is 2. The molecule has 2 atom stereocenters. The second-order valence-corrected chi connectivity index (χ2v) is 14.6. The molecule has 0 aromatic heterocycles. The number of aryl methyl sites for hydroxylation is 2. The molecule has 2 aromatic rings. The van der Waals surface area contributed by atoms with Gasteiger partial charge in [-0.3, -0.25) is 0 Å². The van der Waals surface area contributed by atoms with Gasteiger partial charge in [-0.2, -0.15) is 0 Å². The van der Waals surface area contributed by atoms with E-state index in [1.807, 2.05) is 66.7 Å². The fraction of sp³-hybridized carbons (Fsp3) is 0.591. The minimum Gasteiger partial charge on any atom is -0.491 e. The SMILES string of the molecule is CCOC(=O)C=C1CCC(C(O)c2ccc(C)c(OC(C)C)c2)CC1.CCOC(=O)C=C1CCC(C(OCOC)c2ccc(C)c(OC(C)C)c2)CC1. The van der Waals surface area contributed by atoms with E-state index in [4.69, 9.17) is 28.4 Å². The van der Waals surface area contributed by atoms with Crippen LogP contribution < -0.4 is 9.47 Å². The van der Waals surface area contributed by atoms with E-state index in [0.29, 0.717) is 19.1 Å². The summed E-state index contributed by atoms with van der Waals surface area (Å²) >= 11 is 0. The van der Waals surface area contributed by atoms with E-state index in [0.717, 1.165) is 96.3 Å². The molecule has 4 rings (SSSR count). The van der Waals surface area contributed by atoms with Gasteiger partial charge in [-0.15, -0.1) is 0 Å². The lowest BCUT2D eigenvalue weighted by molar-refractivity contribution is -0.138. The second-order valence-electron chi connectivity index (χ2n) is 14.6. The van der Waals surface area contributed by atoms with E-state index in [1.54, 1.807) is 19.3 Å². The summed E-state index contributed by atoms with van der Waals surface area (Å²) in [5.41, 5.74) is 6.49. The predicted octanol–water partition coefficient (Wildman–Crippen LogP) is 9.62. The number of esters is 2. The summed E-state index contributed by atoms with van der Waals surface area (Å²) < 4.78 is 33.1. The van der Waals surface area contributed by atoms with Crippen molar-refractivity contribution < 1.29 is 43.1 Å². The summed E-state index contributed by atoms with van der Waals surface area (Å²) in [4.78, 5) is 23.2. The lowest BCUT2D eigenvalue weighted by Crippen LogP contribution is -2.21. The Bertz CT molecular complexity index is 1490. The first-order chi connectivity index (χ1) is 25.3. The third kappa shape index (κ3) is 14.6. The standard InChI is InChI=1S/C23H34O5.C21H30O4/c1-6-26-22(24)13-18-8-11-19(12-9-18)23(27-15-25-5)20-10-7-17(4)21(14-20)28-16(2)3;1-5-24-20(22)12-16-7-10-17(11-8-16)21(23)18-9-6-15(4)19(13-18)25-14(2)3/h7,10,13-14,16,19,23H,6,8-9,11-12,15H2,1-5H3;6,9,12-14,17,21,23H,5,7-8,10-11H2,1-4H3. The largest absolute Gasteiger partial charge is 0.491 e. The molecular weight excluding hydrogens is 672 g/mol. The first-order valence-electron chi connectivity index (χ1n) is 19.4. The highest BCUT2D eigenvalue weighted by Crippen LogP contribution is 2.41. The number of carbonyl (C=O) groups is 2. The van der Waals surface area contributed by atoms with Gasteiger partial charge in [-0.25, -0.2) is 9.59 Å². The Morgan fingerprint density at radius 1 is 0.717 bits per heavy atom. The van der Waals surface area contributed by atoms with Crippen molar-refractivity contribution in [1.82, 2.24) is 0 Å². The number of aliphatic hydroxyl groups excluding tert-OH is 1. The van der Waals surface area contributed by atoms with E-state index in [9.17, 15) is 14.7 Å². The van der Waals surface area contributed by atoms with Crippen molar-refractivity contribution in [2.24, 2.45) is 11.8 Å². The average molecular weight is 737 g/mol. The van der Waals surface area contributed by atoms with E-state index in [2.05, 4.69) is 25.1 Å². The van der Waals surface area contributed by atoms with Crippen molar-refractivity contribution in [3.63, 3.8) is 0 Å². The molecule has 0 radical (unpaired) electrons. The Kier molecular flexibility index (Phi) is 18.6. The van der Waals surface area contributed by atoms with Crippen molar-refractivity contribution >= 4 is 11.9 Å². The fourth-order valence-corrected chi connectivity index (χ4v) is 6.90. The predicted molar refractivity (Wildman–Crippen MR) is 208 cm³/mol. The van der Waals surface area contributed by atoms with Crippen molar-refractivity contribution in [2.45, 2.75) is 131 Å². The Morgan fingerprint density at radius 3 is 1.58 bits per heavy atom. The van der Waals surface area contributed by atoms with Crippen LogP contribution in [0.15, 0.2) is 59.7 Å². The van der Waals surface area contributed by atoms with Crippen molar-refractivity contribution in [1.29, 1.82) is 0 Å². The van der Waals surface area contributed by atoms with E-state index < -0.39 is 6.10 Å². The minimum atomic E-state index is -0.501. The first-order valence-corrected chi connectivity index (χ1v) is 19.4. The van der Waals surface area contributed by atoms with Gasteiger partial charge in [0, 0.05) is 19.3 Å². The molecule has 2 unspecified atom stereocenters. The molecule has 0 aliphatic heterocycles. The maximum atomic E-state index is 11.7. The van der Waals surface area contributed by atoms with Gasteiger partial charge in [0.05, 0.1) is 37.6 Å². The molecule has 0 spiro atoms. The number of hydrogen-bond donors (Lipinski definition) is 1. The summed E-state index contributed by atoms with van der Waals surface area (Å²) in [6.45, 7) is 16.8. The second kappa shape index (κ2) is 22.5. The first kappa shape index (κ1) is 43.7. The maximum Gasteiger partial charge on any atom is 0.330 e. The fourth-order valence-electron chi connectivity index (χ4n) is 6.90. The zero-order chi connectivity index (χ0) is 38.9. The van der Waals surface area contributed by atoms with Crippen molar-refractivity contribution in [3.8, 4) is 11.5 Å². The Balaban J connectivity index is 0.000000287.